The molecule has 0 saturated carbocycles. The third-order valence-electron chi connectivity index (χ3n) is 2.70. The second-order valence-electron chi connectivity index (χ2n) is 4.38. The number of hydrogen-bond donors (Lipinski definition) is 1. The molecule has 0 radical (unpaired) electrons. The number of esters is 2. The van der Waals surface area contributed by atoms with E-state index in [1.165, 1.54) is 0 Å². The summed E-state index contributed by atoms with van der Waals surface area (Å²) < 4.78 is 24.4. The Hall–Kier alpha value is -1.71. The van der Waals surface area contributed by atoms with Gasteiger partial charge in [0, 0.05) is 13.5 Å². The summed E-state index contributed by atoms with van der Waals surface area (Å²) in [5.41, 5.74) is 0. The molecule has 1 atom stereocenters. The molecule has 1 rings (SSSR count). The summed E-state index contributed by atoms with van der Waals surface area (Å²) in [6.07, 6.45) is -0.623. The Morgan fingerprint density at radius 3 is 2.32 bits per heavy atom. The molecule has 1 fully saturated rings. The predicted octanol–water partition coefficient (Wildman–Crippen LogP) is -0.376. The minimum atomic E-state index is -0.788. The standard InChI is InChI=1S/C13H21NO8/c1-18-4-5-19-6-7-20-8-9-21-11(15)3-2-10-12(16)22-13(17)14-10/h10H,2-9H2,1H3,(H,14,17)/t10-/m0/s1. The van der Waals surface area contributed by atoms with Crippen LogP contribution in [0.3, 0.4) is 0 Å². The van der Waals surface area contributed by atoms with Gasteiger partial charge < -0.3 is 29.0 Å². The number of ether oxygens (including phenoxy) is 5. The van der Waals surface area contributed by atoms with Gasteiger partial charge in [-0.15, -0.1) is 0 Å². The molecule has 9 heteroatoms. The van der Waals surface area contributed by atoms with Gasteiger partial charge in [-0.1, -0.05) is 0 Å². The van der Waals surface area contributed by atoms with E-state index in [-0.39, 0.29) is 26.1 Å². The van der Waals surface area contributed by atoms with Crippen LogP contribution in [0.15, 0.2) is 0 Å². The summed E-state index contributed by atoms with van der Waals surface area (Å²) >= 11 is 0. The van der Waals surface area contributed by atoms with Crippen LogP contribution in [0.25, 0.3) is 0 Å². The van der Waals surface area contributed by atoms with Crippen LogP contribution >= 0.6 is 0 Å². The molecule has 126 valence electrons. The number of alkyl carbamates (subject to hydrolysis) is 1. The fourth-order valence-electron chi connectivity index (χ4n) is 1.60. The van der Waals surface area contributed by atoms with E-state index in [1.54, 1.807) is 7.11 Å². The lowest BCUT2D eigenvalue weighted by molar-refractivity contribution is -0.145. The van der Waals surface area contributed by atoms with Crippen LogP contribution in [0, 0.1) is 0 Å². The maximum Gasteiger partial charge on any atom is 0.415 e. The van der Waals surface area contributed by atoms with Crippen molar-refractivity contribution in [1.29, 1.82) is 0 Å². The third-order valence-corrected chi connectivity index (χ3v) is 2.70. The summed E-state index contributed by atoms with van der Waals surface area (Å²) in [6, 6.07) is -0.777. The summed E-state index contributed by atoms with van der Waals surface area (Å²) in [5, 5.41) is 2.30. The number of carbonyl (C=O) groups excluding carboxylic acids is 3. The first-order chi connectivity index (χ1) is 10.6. The van der Waals surface area contributed by atoms with Gasteiger partial charge >= 0.3 is 18.0 Å². The van der Waals surface area contributed by atoms with Crippen molar-refractivity contribution in [3.05, 3.63) is 0 Å². The van der Waals surface area contributed by atoms with Crippen molar-refractivity contribution in [2.45, 2.75) is 18.9 Å². The number of carbonyl (C=O) groups is 3. The van der Waals surface area contributed by atoms with E-state index < -0.39 is 24.1 Å². The minimum Gasteiger partial charge on any atom is -0.463 e. The molecule has 0 aromatic carbocycles. The molecule has 1 N–H and O–H groups in total. The highest BCUT2D eigenvalue weighted by Crippen LogP contribution is 2.07. The molecule has 1 heterocycles. The number of methoxy groups -OCH3 is 1. The number of hydrogen-bond acceptors (Lipinski definition) is 8. The fraction of sp³-hybridized carbons (Fsp3) is 0.769. The van der Waals surface area contributed by atoms with Crippen LogP contribution in [-0.4, -0.2) is 70.8 Å². The van der Waals surface area contributed by atoms with E-state index in [0.29, 0.717) is 26.4 Å². The van der Waals surface area contributed by atoms with Crippen molar-refractivity contribution in [2.75, 3.05) is 46.8 Å². The average molecular weight is 319 g/mol. The lowest BCUT2D eigenvalue weighted by Crippen LogP contribution is -2.29. The van der Waals surface area contributed by atoms with Crippen molar-refractivity contribution in [3.8, 4) is 0 Å². The molecule has 0 spiro atoms. The second-order valence-corrected chi connectivity index (χ2v) is 4.38. The summed E-state index contributed by atoms with van der Waals surface area (Å²) in [6.45, 7) is 2.28. The van der Waals surface area contributed by atoms with Crippen LogP contribution in [0.2, 0.25) is 0 Å². The molecule has 0 aliphatic carbocycles. The second kappa shape index (κ2) is 10.9. The quantitative estimate of drug-likeness (QED) is 0.295. The van der Waals surface area contributed by atoms with Crippen molar-refractivity contribution >= 4 is 18.0 Å². The predicted molar refractivity (Wildman–Crippen MR) is 72.1 cm³/mol. The Bertz CT molecular complexity index is 373. The maximum absolute atomic E-state index is 11.4. The van der Waals surface area contributed by atoms with Crippen LogP contribution in [0.1, 0.15) is 12.8 Å². The van der Waals surface area contributed by atoms with Crippen molar-refractivity contribution in [3.63, 3.8) is 0 Å². The molecular formula is C13H21NO8. The Morgan fingerprint density at radius 2 is 1.73 bits per heavy atom. The summed E-state index contributed by atoms with van der Waals surface area (Å²) in [7, 11) is 1.60. The molecule has 1 aliphatic heterocycles. The number of amides is 1. The van der Waals surface area contributed by atoms with Crippen LogP contribution in [-0.2, 0) is 33.3 Å². The molecule has 0 bridgehead atoms. The maximum atomic E-state index is 11.4. The van der Waals surface area contributed by atoms with Crippen molar-refractivity contribution < 1.29 is 38.1 Å². The SMILES string of the molecule is COCCOCCOCCOC(=O)CC[C@@H]1NC(=O)OC1=O. The molecule has 0 aromatic heterocycles. The van der Waals surface area contributed by atoms with Gasteiger partial charge in [-0.3, -0.25) is 4.79 Å². The highest BCUT2D eigenvalue weighted by molar-refractivity contribution is 5.95. The van der Waals surface area contributed by atoms with E-state index in [4.69, 9.17) is 18.9 Å². The Labute approximate surface area is 128 Å². The van der Waals surface area contributed by atoms with Gasteiger partial charge in [0.15, 0.2) is 0 Å². The smallest absolute Gasteiger partial charge is 0.415 e. The molecule has 1 saturated heterocycles. The molecule has 0 unspecified atom stereocenters. The molecule has 9 nitrogen and oxygen atoms in total. The van der Waals surface area contributed by atoms with E-state index in [0.717, 1.165) is 0 Å². The van der Waals surface area contributed by atoms with Gasteiger partial charge in [0.2, 0.25) is 0 Å². The Morgan fingerprint density at radius 1 is 1.09 bits per heavy atom. The fourth-order valence-corrected chi connectivity index (χ4v) is 1.60. The largest absolute Gasteiger partial charge is 0.463 e. The lowest BCUT2D eigenvalue weighted by Gasteiger charge is -2.08. The van der Waals surface area contributed by atoms with Gasteiger partial charge in [0.05, 0.1) is 33.0 Å². The number of nitrogens with one attached hydrogen (secondary N) is 1. The van der Waals surface area contributed by atoms with E-state index in [2.05, 4.69) is 10.1 Å². The molecular weight excluding hydrogens is 298 g/mol. The zero-order valence-corrected chi connectivity index (χ0v) is 12.5. The van der Waals surface area contributed by atoms with Gasteiger partial charge in [-0.05, 0) is 6.42 Å². The lowest BCUT2D eigenvalue weighted by atomic mass is 10.2. The normalized spacial score (nSPS) is 17.2. The van der Waals surface area contributed by atoms with Crippen LogP contribution < -0.4 is 5.32 Å². The van der Waals surface area contributed by atoms with Crippen molar-refractivity contribution in [2.24, 2.45) is 0 Å². The first-order valence-electron chi connectivity index (χ1n) is 6.95. The van der Waals surface area contributed by atoms with E-state index in [9.17, 15) is 14.4 Å². The Balaban J connectivity index is 1.91. The van der Waals surface area contributed by atoms with E-state index in [1.807, 2.05) is 0 Å². The zero-order valence-electron chi connectivity index (χ0n) is 12.5. The minimum absolute atomic E-state index is 0.0141. The van der Waals surface area contributed by atoms with Crippen molar-refractivity contribution in [1.82, 2.24) is 5.32 Å². The third kappa shape index (κ3) is 7.91. The molecule has 22 heavy (non-hydrogen) atoms. The Kier molecular flexibility index (Phi) is 9.12. The highest BCUT2D eigenvalue weighted by Gasteiger charge is 2.32. The van der Waals surface area contributed by atoms with Gasteiger partial charge in [0.1, 0.15) is 12.6 Å². The highest BCUT2D eigenvalue weighted by atomic mass is 16.6. The molecule has 1 amide bonds. The zero-order chi connectivity index (χ0) is 16.2. The molecule has 1 aliphatic rings. The first-order valence-corrected chi connectivity index (χ1v) is 6.95. The van der Waals surface area contributed by atoms with Gasteiger partial charge in [0.25, 0.3) is 0 Å². The summed E-state index contributed by atoms with van der Waals surface area (Å²) in [5.74, 6) is -1.14. The number of cyclic esters (lactones) is 2. The average Bonchev–Trinajstić information content (AvgIpc) is 2.81. The van der Waals surface area contributed by atoms with E-state index >= 15 is 0 Å². The van der Waals surface area contributed by atoms with Crippen LogP contribution in [0.4, 0.5) is 4.79 Å². The van der Waals surface area contributed by atoms with Gasteiger partial charge in [-0.2, -0.15) is 0 Å². The molecule has 0 aromatic rings. The van der Waals surface area contributed by atoms with Gasteiger partial charge in [-0.25, -0.2) is 9.59 Å². The monoisotopic (exact) mass is 319 g/mol. The number of rotatable bonds is 12. The summed E-state index contributed by atoms with van der Waals surface area (Å²) in [4.78, 5) is 33.3. The topological polar surface area (TPSA) is 109 Å². The first kappa shape index (κ1) is 18.3. The van der Waals surface area contributed by atoms with Crippen LogP contribution in [0.5, 0.6) is 0 Å².